The molecule has 2 aromatic heterocycles. The molecule has 124 valence electrons. The van der Waals surface area contributed by atoms with Crippen LogP contribution in [0.4, 0.5) is 5.82 Å². The molecular weight excluding hydrogens is 322 g/mol. The van der Waals surface area contributed by atoms with E-state index in [0.717, 1.165) is 72.3 Å². The minimum Gasteiger partial charge on any atom is -0.355 e. The van der Waals surface area contributed by atoms with Crippen LogP contribution in [0.5, 0.6) is 0 Å². The second-order valence-corrected chi connectivity index (χ2v) is 7.68. The first-order valence-electron chi connectivity index (χ1n) is 8.51. The van der Waals surface area contributed by atoms with E-state index >= 15 is 0 Å². The average molecular weight is 341 g/mol. The van der Waals surface area contributed by atoms with Crippen molar-refractivity contribution in [3.05, 3.63) is 29.1 Å². The number of anilines is 1. The van der Waals surface area contributed by atoms with Crippen molar-refractivity contribution in [1.82, 2.24) is 20.1 Å². The van der Waals surface area contributed by atoms with Gasteiger partial charge in [-0.1, -0.05) is 0 Å². The van der Waals surface area contributed by atoms with E-state index in [4.69, 9.17) is 5.10 Å². The van der Waals surface area contributed by atoms with Crippen LogP contribution in [0, 0.1) is 0 Å². The SMILES string of the molecule is O=C1NCCn2nc3c(c21)CCc1cnc(N2CCSCC2)cc1-3. The second kappa shape index (κ2) is 5.51. The largest absolute Gasteiger partial charge is 0.355 e. The Balaban J connectivity index is 1.61. The van der Waals surface area contributed by atoms with Crippen molar-refractivity contribution in [3.63, 3.8) is 0 Å². The van der Waals surface area contributed by atoms with Crippen LogP contribution in [0.1, 0.15) is 21.6 Å². The van der Waals surface area contributed by atoms with E-state index in [0.29, 0.717) is 6.54 Å². The number of aromatic nitrogens is 3. The van der Waals surface area contributed by atoms with E-state index in [1.54, 1.807) is 0 Å². The van der Waals surface area contributed by atoms with Crippen LogP contribution < -0.4 is 10.2 Å². The van der Waals surface area contributed by atoms with Gasteiger partial charge in [0.1, 0.15) is 11.5 Å². The molecular formula is C17H19N5OS. The number of rotatable bonds is 1. The number of amides is 1. The van der Waals surface area contributed by atoms with Gasteiger partial charge >= 0.3 is 0 Å². The fourth-order valence-corrected chi connectivity index (χ4v) is 4.75. The van der Waals surface area contributed by atoms with Crippen molar-refractivity contribution >= 4 is 23.5 Å². The van der Waals surface area contributed by atoms with Gasteiger partial charge in [0.05, 0.1) is 12.2 Å². The molecule has 2 aliphatic heterocycles. The summed E-state index contributed by atoms with van der Waals surface area (Å²) in [5.41, 5.74) is 5.25. The third kappa shape index (κ3) is 2.14. The lowest BCUT2D eigenvalue weighted by atomic mass is 9.90. The maximum atomic E-state index is 12.3. The molecule has 1 aliphatic carbocycles. The van der Waals surface area contributed by atoms with Crippen LogP contribution in [-0.2, 0) is 19.4 Å². The van der Waals surface area contributed by atoms with Gasteiger partial charge in [-0.25, -0.2) is 4.98 Å². The fraction of sp³-hybridized carbons (Fsp3) is 0.471. The summed E-state index contributed by atoms with van der Waals surface area (Å²) in [6.07, 6.45) is 3.80. The molecule has 3 aliphatic rings. The Bertz CT molecular complexity index is 825. The lowest BCUT2D eigenvalue weighted by Gasteiger charge is -2.28. The number of carbonyl (C=O) groups excluding carboxylic acids is 1. The summed E-state index contributed by atoms with van der Waals surface area (Å²) in [7, 11) is 0. The molecule has 1 saturated heterocycles. The number of aryl methyl sites for hydroxylation is 1. The van der Waals surface area contributed by atoms with E-state index in [1.807, 2.05) is 22.6 Å². The minimum absolute atomic E-state index is 0.0146. The Kier molecular flexibility index (Phi) is 3.29. The van der Waals surface area contributed by atoms with Gasteiger partial charge in [-0.15, -0.1) is 0 Å². The van der Waals surface area contributed by atoms with Crippen LogP contribution in [0.2, 0.25) is 0 Å². The Morgan fingerprint density at radius 1 is 1.17 bits per heavy atom. The highest BCUT2D eigenvalue weighted by molar-refractivity contribution is 7.99. The van der Waals surface area contributed by atoms with Gasteiger partial charge in [0.2, 0.25) is 0 Å². The first-order valence-corrected chi connectivity index (χ1v) is 9.66. The fourth-order valence-electron chi connectivity index (χ4n) is 3.84. The summed E-state index contributed by atoms with van der Waals surface area (Å²) in [5.74, 6) is 3.37. The number of hydrogen-bond acceptors (Lipinski definition) is 5. The lowest BCUT2D eigenvalue weighted by molar-refractivity contribution is 0.0923. The monoisotopic (exact) mass is 341 g/mol. The van der Waals surface area contributed by atoms with Crippen LogP contribution in [0.15, 0.2) is 12.3 Å². The van der Waals surface area contributed by atoms with Crippen LogP contribution in [-0.4, -0.2) is 51.8 Å². The molecule has 0 unspecified atom stereocenters. The molecule has 7 heteroatoms. The molecule has 6 nitrogen and oxygen atoms in total. The zero-order valence-corrected chi connectivity index (χ0v) is 14.2. The van der Waals surface area contributed by atoms with Crippen molar-refractivity contribution in [1.29, 1.82) is 0 Å². The summed E-state index contributed by atoms with van der Waals surface area (Å²) >= 11 is 2.00. The molecule has 0 radical (unpaired) electrons. The molecule has 0 aromatic carbocycles. The number of pyridine rings is 1. The normalized spacial score (nSPS) is 19.3. The summed E-state index contributed by atoms with van der Waals surface area (Å²) < 4.78 is 1.89. The molecule has 5 rings (SSSR count). The zero-order valence-electron chi connectivity index (χ0n) is 13.4. The summed E-state index contributed by atoms with van der Waals surface area (Å²) in [4.78, 5) is 19.3. The third-order valence-corrected chi connectivity index (χ3v) is 6.02. The Morgan fingerprint density at radius 2 is 2.04 bits per heavy atom. The molecule has 1 fully saturated rings. The van der Waals surface area contributed by atoms with Gasteiger partial charge in [-0.2, -0.15) is 16.9 Å². The van der Waals surface area contributed by atoms with Crippen LogP contribution >= 0.6 is 11.8 Å². The number of nitrogens with zero attached hydrogens (tertiary/aromatic N) is 4. The third-order valence-electron chi connectivity index (χ3n) is 5.08. The number of nitrogens with one attached hydrogen (secondary N) is 1. The number of carbonyl (C=O) groups is 1. The van der Waals surface area contributed by atoms with Crippen molar-refractivity contribution in [2.24, 2.45) is 0 Å². The molecule has 4 heterocycles. The van der Waals surface area contributed by atoms with Crippen molar-refractivity contribution in [3.8, 4) is 11.3 Å². The predicted molar refractivity (Wildman–Crippen MR) is 94.7 cm³/mol. The molecule has 2 aromatic rings. The van der Waals surface area contributed by atoms with Gasteiger partial charge in [-0.05, 0) is 24.5 Å². The maximum absolute atomic E-state index is 12.3. The Hall–Kier alpha value is -2.02. The summed E-state index contributed by atoms with van der Waals surface area (Å²) in [5, 5.41) is 7.71. The summed E-state index contributed by atoms with van der Waals surface area (Å²) in [6, 6.07) is 2.18. The molecule has 1 amide bonds. The first-order chi connectivity index (χ1) is 11.8. The number of thioether (sulfide) groups is 1. The second-order valence-electron chi connectivity index (χ2n) is 6.45. The highest BCUT2D eigenvalue weighted by atomic mass is 32.2. The molecule has 24 heavy (non-hydrogen) atoms. The topological polar surface area (TPSA) is 63.1 Å². The molecule has 1 N–H and O–H groups in total. The standard InChI is InChI=1S/C17H19N5OS/c23-17-16-12-2-1-11-10-19-14(21-5-7-24-8-6-21)9-13(11)15(12)20-22(16)4-3-18-17/h9-10H,1-8H2,(H,18,23). The maximum Gasteiger partial charge on any atom is 0.269 e. The van der Waals surface area contributed by atoms with Gasteiger partial charge in [-0.3, -0.25) is 9.48 Å². The average Bonchev–Trinajstić information content (AvgIpc) is 3.02. The van der Waals surface area contributed by atoms with Crippen molar-refractivity contribution in [2.45, 2.75) is 19.4 Å². The van der Waals surface area contributed by atoms with Crippen molar-refractivity contribution in [2.75, 3.05) is 36.0 Å². The van der Waals surface area contributed by atoms with Gasteiger partial charge in [0.15, 0.2) is 0 Å². The van der Waals surface area contributed by atoms with E-state index in [9.17, 15) is 4.79 Å². The van der Waals surface area contributed by atoms with Crippen LogP contribution in [0.3, 0.4) is 0 Å². The molecule has 0 bridgehead atoms. The van der Waals surface area contributed by atoms with Gasteiger partial charge in [0.25, 0.3) is 5.91 Å². The number of fused-ring (bicyclic) bond motifs is 5. The van der Waals surface area contributed by atoms with E-state index in [2.05, 4.69) is 21.3 Å². The summed E-state index contributed by atoms with van der Waals surface area (Å²) in [6.45, 7) is 3.51. The van der Waals surface area contributed by atoms with Gasteiger partial charge in [0, 0.05) is 48.5 Å². The molecule has 0 saturated carbocycles. The Morgan fingerprint density at radius 3 is 2.92 bits per heavy atom. The number of hydrogen-bond donors (Lipinski definition) is 1. The van der Waals surface area contributed by atoms with Crippen molar-refractivity contribution < 1.29 is 4.79 Å². The molecule has 0 spiro atoms. The van der Waals surface area contributed by atoms with Crippen LogP contribution in [0.25, 0.3) is 11.3 Å². The van der Waals surface area contributed by atoms with E-state index in [-0.39, 0.29) is 5.91 Å². The highest BCUT2D eigenvalue weighted by Crippen LogP contribution is 2.36. The first kappa shape index (κ1) is 14.3. The van der Waals surface area contributed by atoms with E-state index in [1.165, 1.54) is 5.56 Å². The lowest BCUT2D eigenvalue weighted by Crippen LogP contribution is -2.36. The van der Waals surface area contributed by atoms with E-state index < -0.39 is 0 Å². The zero-order chi connectivity index (χ0) is 16.1. The quantitative estimate of drug-likeness (QED) is 0.848. The predicted octanol–water partition coefficient (Wildman–Crippen LogP) is 1.34. The molecule has 0 atom stereocenters. The van der Waals surface area contributed by atoms with Gasteiger partial charge < -0.3 is 10.2 Å². The highest BCUT2D eigenvalue weighted by Gasteiger charge is 2.30. The smallest absolute Gasteiger partial charge is 0.269 e. The Labute approximate surface area is 144 Å². The minimum atomic E-state index is 0.0146.